The first-order valence-corrected chi connectivity index (χ1v) is 10.0. The predicted octanol–water partition coefficient (Wildman–Crippen LogP) is 3.92. The van der Waals surface area contributed by atoms with Crippen LogP contribution < -0.4 is 0 Å². The van der Waals surface area contributed by atoms with Gasteiger partial charge in [0.2, 0.25) is 0 Å². The molecule has 2 heterocycles. The molecule has 0 aliphatic carbocycles. The van der Waals surface area contributed by atoms with Crippen molar-refractivity contribution in [2.75, 3.05) is 26.2 Å². The molecule has 2 aromatic carbocycles. The molecule has 9 heteroatoms. The molecule has 0 spiro atoms. The van der Waals surface area contributed by atoms with Gasteiger partial charge in [0.1, 0.15) is 5.82 Å². The maximum atomic E-state index is 13.2. The summed E-state index contributed by atoms with van der Waals surface area (Å²) in [6.07, 6.45) is 3.17. The number of halogens is 3. The molecular formula is C21H17Cl2FN4O2. The van der Waals surface area contributed by atoms with Crippen LogP contribution in [0.1, 0.15) is 20.7 Å². The van der Waals surface area contributed by atoms with Crippen LogP contribution in [0.15, 0.2) is 54.9 Å². The predicted molar refractivity (Wildman–Crippen MR) is 112 cm³/mol. The Bertz CT molecular complexity index is 1110. The van der Waals surface area contributed by atoms with Crippen molar-refractivity contribution >= 4 is 35.0 Å². The number of piperazine rings is 1. The molecule has 2 amide bonds. The van der Waals surface area contributed by atoms with Crippen LogP contribution in [0.5, 0.6) is 0 Å². The van der Waals surface area contributed by atoms with Gasteiger partial charge in [-0.25, -0.2) is 9.07 Å². The molecule has 1 aromatic heterocycles. The Labute approximate surface area is 182 Å². The van der Waals surface area contributed by atoms with E-state index in [1.54, 1.807) is 32.8 Å². The molecule has 1 fully saturated rings. The van der Waals surface area contributed by atoms with E-state index in [9.17, 15) is 14.0 Å². The van der Waals surface area contributed by atoms with Gasteiger partial charge in [0, 0.05) is 37.4 Å². The lowest BCUT2D eigenvalue weighted by molar-refractivity contribution is 0.0535. The third kappa shape index (κ3) is 4.17. The number of carbonyl (C=O) groups excluding carboxylic acids is 2. The number of amides is 2. The second-order valence-electron chi connectivity index (χ2n) is 6.86. The summed E-state index contributed by atoms with van der Waals surface area (Å²) in [5, 5.41) is 4.90. The molecule has 4 rings (SSSR count). The van der Waals surface area contributed by atoms with E-state index in [0.717, 1.165) is 11.8 Å². The van der Waals surface area contributed by atoms with Gasteiger partial charge < -0.3 is 9.80 Å². The highest BCUT2D eigenvalue weighted by molar-refractivity contribution is 6.33. The lowest BCUT2D eigenvalue weighted by Crippen LogP contribution is -2.50. The molecule has 0 radical (unpaired) electrons. The molecule has 154 valence electrons. The van der Waals surface area contributed by atoms with Crippen LogP contribution in [-0.4, -0.2) is 57.6 Å². The Morgan fingerprint density at radius 2 is 1.63 bits per heavy atom. The van der Waals surface area contributed by atoms with Crippen LogP contribution in [0.25, 0.3) is 5.69 Å². The third-order valence-corrected chi connectivity index (χ3v) is 5.47. The van der Waals surface area contributed by atoms with Crippen LogP contribution in [0.3, 0.4) is 0 Å². The summed E-state index contributed by atoms with van der Waals surface area (Å²) in [5.41, 5.74) is 1.46. The van der Waals surface area contributed by atoms with Crippen LogP contribution in [-0.2, 0) is 0 Å². The Kier molecular flexibility index (Phi) is 5.74. The van der Waals surface area contributed by atoms with E-state index < -0.39 is 5.82 Å². The number of hydrogen-bond acceptors (Lipinski definition) is 3. The van der Waals surface area contributed by atoms with Gasteiger partial charge in [-0.15, -0.1) is 0 Å². The molecule has 3 aromatic rings. The summed E-state index contributed by atoms with van der Waals surface area (Å²) < 4.78 is 14.8. The fourth-order valence-electron chi connectivity index (χ4n) is 3.32. The van der Waals surface area contributed by atoms with E-state index in [0.29, 0.717) is 36.8 Å². The molecule has 0 N–H and O–H groups in total. The van der Waals surface area contributed by atoms with Crippen molar-refractivity contribution in [2.24, 2.45) is 0 Å². The lowest BCUT2D eigenvalue weighted by Gasteiger charge is -2.34. The number of benzene rings is 2. The van der Waals surface area contributed by atoms with Gasteiger partial charge in [0.25, 0.3) is 11.8 Å². The number of hydrogen-bond donors (Lipinski definition) is 0. The maximum absolute atomic E-state index is 13.2. The Balaban J connectivity index is 1.40. The maximum Gasteiger partial charge on any atom is 0.257 e. The van der Waals surface area contributed by atoms with Crippen LogP contribution in [0.4, 0.5) is 4.39 Å². The van der Waals surface area contributed by atoms with Crippen molar-refractivity contribution in [1.29, 1.82) is 0 Å². The van der Waals surface area contributed by atoms with E-state index in [1.165, 1.54) is 18.3 Å². The van der Waals surface area contributed by atoms with Crippen molar-refractivity contribution in [2.45, 2.75) is 0 Å². The van der Waals surface area contributed by atoms with Crippen molar-refractivity contribution in [3.05, 3.63) is 81.8 Å². The average molecular weight is 447 g/mol. The zero-order chi connectivity index (χ0) is 21.3. The Morgan fingerprint density at radius 3 is 2.30 bits per heavy atom. The molecule has 0 saturated carbocycles. The summed E-state index contributed by atoms with van der Waals surface area (Å²) in [6, 6.07) is 10.9. The Hall–Kier alpha value is -2.90. The summed E-state index contributed by atoms with van der Waals surface area (Å²) in [5.74, 6) is -0.929. The topological polar surface area (TPSA) is 58.4 Å². The molecular weight excluding hydrogens is 430 g/mol. The monoisotopic (exact) mass is 446 g/mol. The molecule has 1 saturated heterocycles. The highest BCUT2D eigenvalue weighted by Crippen LogP contribution is 2.20. The molecule has 1 aliphatic rings. The molecule has 6 nitrogen and oxygen atoms in total. The molecule has 1 aliphatic heterocycles. The van der Waals surface area contributed by atoms with Crippen molar-refractivity contribution in [1.82, 2.24) is 19.6 Å². The van der Waals surface area contributed by atoms with Crippen molar-refractivity contribution < 1.29 is 14.0 Å². The SMILES string of the molecule is O=C(c1cnn(-c2cccc(Cl)c2)c1)N1CCN(C(=O)c2ccc(F)cc2Cl)CC1. The quantitative estimate of drug-likeness (QED) is 0.612. The van der Waals surface area contributed by atoms with E-state index in [4.69, 9.17) is 23.2 Å². The standard InChI is InChI=1S/C21H17Cl2FN4O2/c22-15-2-1-3-17(10-15)28-13-14(12-25-28)20(29)26-6-8-27(9-7-26)21(30)18-5-4-16(24)11-19(18)23/h1-5,10-13H,6-9H2. The van der Waals surface area contributed by atoms with Gasteiger partial charge in [-0.05, 0) is 36.4 Å². The highest BCUT2D eigenvalue weighted by Gasteiger charge is 2.27. The summed E-state index contributed by atoms with van der Waals surface area (Å²) in [7, 11) is 0. The van der Waals surface area contributed by atoms with Gasteiger partial charge in [0.05, 0.1) is 28.0 Å². The van der Waals surface area contributed by atoms with Gasteiger partial charge in [0.15, 0.2) is 0 Å². The first-order valence-electron chi connectivity index (χ1n) is 9.26. The number of carbonyl (C=O) groups is 2. The fourth-order valence-corrected chi connectivity index (χ4v) is 3.75. The van der Waals surface area contributed by atoms with E-state index in [1.807, 2.05) is 12.1 Å². The van der Waals surface area contributed by atoms with E-state index in [-0.39, 0.29) is 22.4 Å². The van der Waals surface area contributed by atoms with Gasteiger partial charge >= 0.3 is 0 Å². The minimum atomic E-state index is -0.495. The van der Waals surface area contributed by atoms with Crippen molar-refractivity contribution in [3.8, 4) is 5.69 Å². The molecule has 30 heavy (non-hydrogen) atoms. The van der Waals surface area contributed by atoms with Gasteiger partial charge in [-0.2, -0.15) is 5.10 Å². The summed E-state index contributed by atoms with van der Waals surface area (Å²) in [4.78, 5) is 28.8. The normalized spacial score (nSPS) is 14.1. The van der Waals surface area contributed by atoms with Gasteiger partial charge in [-0.3, -0.25) is 9.59 Å². The first kappa shape index (κ1) is 20.4. The van der Waals surface area contributed by atoms with Crippen molar-refractivity contribution in [3.63, 3.8) is 0 Å². The molecule has 0 bridgehead atoms. The first-order chi connectivity index (χ1) is 14.4. The minimum absolute atomic E-state index is 0.0759. The zero-order valence-electron chi connectivity index (χ0n) is 15.8. The number of aromatic nitrogens is 2. The summed E-state index contributed by atoms with van der Waals surface area (Å²) in [6.45, 7) is 1.49. The van der Waals surface area contributed by atoms with Crippen LogP contribution in [0, 0.1) is 5.82 Å². The highest BCUT2D eigenvalue weighted by atomic mass is 35.5. The van der Waals surface area contributed by atoms with Crippen LogP contribution in [0.2, 0.25) is 10.0 Å². The number of nitrogens with zero attached hydrogens (tertiary/aromatic N) is 4. The zero-order valence-corrected chi connectivity index (χ0v) is 17.3. The largest absolute Gasteiger partial charge is 0.335 e. The molecule has 0 unspecified atom stereocenters. The third-order valence-electron chi connectivity index (χ3n) is 4.92. The average Bonchev–Trinajstić information content (AvgIpc) is 3.23. The lowest BCUT2D eigenvalue weighted by atomic mass is 10.1. The van der Waals surface area contributed by atoms with E-state index in [2.05, 4.69) is 5.10 Å². The van der Waals surface area contributed by atoms with Gasteiger partial charge in [-0.1, -0.05) is 29.3 Å². The minimum Gasteiger partial charge on any atom is -0.335 e. The Morgan fingerprint density at radius 1 is 0.933 bits per heavy atom. The fraction of sp³-hybridized carbons (Fsp3) is 0.190. The molecule has 0 atom stereocenters. The van der Waals surface area contributed by atoms with Crippen LogP contribution >= 0.6 is 23.2 Å². The second-order valence-corrected chi connectivity index (χ2v) is 7.71. The second kappa shape index (κ2) is 8.45. The smallest absolute Gasteiger partial charge is 0.257 e. The summed E-state index contributed by atoms with van der Waals surface area (Å²) >= 11 is 12.0. The van der Waals surface area contributed by atoms with E-state index >= 15 is 0 Å². The number of rotatable bonds is 3.